The zero-order valence-electron chi connectivity index (χ0n) is 19.9. The molecule has 1 saturated heterocycles. The van der Waals surface area contributed by atoms with Gasteiger partial charge in [0, 0.05) is 25.0 Å². The van der Waals surface area contributed by atoms with E-state index in [1.165, 1.54) is 17.5 Å². The lowest BCUT2D eigenvalue weighted by atomic mass is 9.73. The van der Waals surface area contributed by atoms with Crippen LogP contribution in [0.3, 0.4) is 0 Å². The maximum atomic E-state index is 11.0. The van der Waals surface area contributed by atoms with Gasteiger partial charge in [-0.2, -0.15) is 5.26 Å². The highest BCUT2D eigenvalue weighted by Gasteiger charge is 2.45. The van der Waals surface area contributed by atoms with Crippen molar-refractivity contribution in [3.63, 3.8) is 0 Å². The van der Waals surface area contributed by atoms with Gasteiger partial charge in [0.2, 0.25) is 0 Å². The summed E-state index contributed by atoms with van der Waals surface area (Å²) < 4.78 is 0. The third-order valence-corrected chi connectivity index (χ3v) is 8.37. The molecule has 34 heavy (non-hydrogen) atoms. The summed E-state index contributed by atoms with van der Waals surface area (Å²) in [4.78, 5) is 13.3. The SMILES string of the molecule is N#CC1(c2ccc(CC3(CN[C@@H]4CC4c4ccccc4)CCN(CCC(=O)O)CC3)cc2)CC1. The second kappa shape index (κ2) is 9.52. The molecule has 3 aliphatic rings. The van der Waals surface area contributed by atoms with Crippen LogP contribution in [0, 0.1) is 16.7 Å². The fourth-order valence-corrected chi connectivity index (χ4v) is 5.72. The Labute approximate surface area is 202 Å². The minimum absolute atomic E-state index is 0.178. The Bertz CT molecular complexity index is 1030. The standard InChI is InChI=1S/C29H35N3O2/c30-20-29(11-12-29)24-8-6-22(7-9-24)19-28(13-16-32(17-14-28)15-10-27(33)34)21-31-26-18-25(26)23-4-2-1-3-5-23/h1-9,25-26,31H,10-19,21H2,(H,33,34)/t25?,26-/m1/s1. The van der Waals surface area contributed by atoms with Crippen molar-refractivity contribution >= 4 is 5.97 Å². The third kappa shape index (κ3) is 5.19. The Morgan fingerprint density at radius 3 is 2.38 bits per heavy atom. The number of rotatable bonds is 10. The molecule has 1 aliphatic heterocycles. The largest absolute Gasteiger partial charge is 0.481 e. The van der Waals surface area contributed by atoms with Gasteiger partial charge >= 0.3 is 5.97 Å². The van der Waals surface area contributed by atoms with Crippen LogP contribution in [0.4, 0.5) is 0 Å². The minimum Gasteiger partial charge on any atom is -0.481 e. The first-order valence-electron chi connectivity index (χ1n) is 12.7. The monoisotopic (exact) mass is 457 g/mol. The maximum absolute atomic E-state index is 11.0. The fourth-order valence-electron chi connectivity index (χ4n) is 5.72. The molecule has 1 heterocycles. The molecule has 0 amide bonds. The number of benzene rings is 2. The summed E-state index contributed by atoms with van der Waals surface area (Å²) in [6.45, 7) is 3.55. The molecule has 0 spiro atoms. The van der Waals surface area contributed by atoms with Crippen molar-refractivity contribution in [2.24, 2.45) is 5.41 Å². The molecule has 2 aliphatic carbocycles. The summed E-state index contributed by atoms with van der Waals surface area (Å²) in [6.07, 6.45) is 6.55. The van der Waals surface area contributed by atoms with Crippen LogP contribution in [-0.4, -0.2) is 48.2 Å². The van der Waals surface area contributed by atoms with Crippen LogP contribution in [0.2, 0.25) is 0 Å². The molecule has 5 nitrogen and oxygen atoms in total. The van der Waals surface area contributed by atoms with Crippen molar-refractivity contribution in [3.8, 4) is 6.07 Å². The third-order valence-electron chi connectivity index (χ3n) is 8.37. The molecular formula is C29H35N3O2. The second-order valence-corrected chi connectivity index (χ2v) is 10.8. The zero-order valence-corrected chi connectivity index (χ0v) is 19.9. The molecule has 2 aromatic carbocycles. The second-order valence-electron chi connectivity index (χ2n) is 10.8. The Kier molecular flexibility index (Phi) is 6.46. The number of carbonyl (C=O) groups is 1. The van der Waals surface area contributed by atoms with Crippen molar-refractivity contribution in [2.45, 2.75) is 62.3 Å². The summed E-state index contributed by atoms with van der Waals surface area (Å²) in [5.74, 6) is -0.0982. The van der Waals surface area contributed by atoms with Crippen LogP contribution in [0.1, 0.15) is 61.1 Å². The number of carboxylic acids is 1. The summed E-state index contributed by atoms with van der Waals surface area (Å²) >= 11 is 0. The molecule has 3 fully saturated rings. The predicted molar refractivity (Wildman–Crippen MR) is 133 cm³/mol. The lowest BCUT2D eigenvalue weighted by Crippen LogP contribution is -2.47. The predicted octanol–water partition coefficient (Wildman–Crippen LogP) is 4.49. The highest BCUT2D eigenvalue weighted by atomic mass is 16.4. The lowest BCUT2D eigenvalue weighted by molar-refractivity contribution is -0.137. The molecule has 0 bridgehead atoms. The number of likely N-dealkylation sites (tertiary alicyclic amines) is 1. The van der Waals surface area contributed by atoms with Gasteiger partial charge in [0.25, 0.3) is 0 Å². The van der Waals surface area contributed by atoms with Gasteiger partial charge in [-0.25, -0.2) is 0 Å². The van der Waals surface area contributed by atoms with E-state index in [4.69, 9.17) is 5.11 Å². The van der Waals surface area contributed by atoms with E-state index in [1.54, 1.807) is 0 Å². The summed E-state index contributed by atoms with van der Waals surface area (Å²) in [5, 5.41) is 22.5. The molecule has 0 radical (unpaired) electrons. The molecule has 2 atom stereocenters. The Morgan fingerprint density at radius 1 is 1.06 bits per heavy atom. The summed E-state index contributed by atoms with van der Waals surface area (Å²) in [6, 6.07) is 22.7. The van der Waals surface area contributed by atoms with Crippen LogP contribution in [0.15, 0.2) is 54.6 Å². The van der Waals surface area contributed by atoms with Crippen molar-refractivity contribution in [1.82, 2.24) is 10.2 Å². The highest BCUT2D eigenvalue weighted by molar-refractivity contribution is 5.66. The number of nitrogens with one attached hydrogen (secondary N) is 1. The summed E-state index contributed by atoms with van der Waals surface area (Å²) in [5.41, 5.74) is 3.88. The average molecular weight is 458 g/mol. The average Bonchev–Trinajstić information content (AvgIpc) is 3.79. The van der Waals surface area contributed by atoms with Crippen molar-refractivity contribution in [3.05, 3.63) is 71.3 Å². The molecule has 1 unspecified atom stereocenters. The first-order chi connectivity index (χ1) is 16.5. The number of hydrogen-bond donors (Lipinski definition) is 2. The first kappa shape index (κ1) is 23.1. The maximum Gasteiger partial charge on any atom is 0.304 e. The highest BCUT2D eigenvalue weighted by Crippen LogP contribution is 2.48. The number of nitrogens with zero attached hydrogens (tertiary/aromatic N) is 2. The van der Waals surface area contributed by atoms with E-state index >= 15 is 0 Å². The zero-order chi connectivity index (χ0) is 23.6. The molecule has 0 aromatic heterocycles. The first-order valence-corrected chi connectivity index (χ1v) is 12.7. The van der Waals surface area contributed by atoms with E-state index in [-0.39, 0.29) is 17.3 Å². The molecule has 178 valence electrons. The van der Waals surface area contributed by atoms with Crippen LogP contribution in [-0.2, 0) is 16.6 Å². The van der Waals surface area contributed by atoms with E-state index in [2.05, 4.69) is 70.9 Å². The number of nitriles is 1. The number of hydrogen-bond acceptors (Lipinski definition) is 4. The van der Waals surface area contributed by atoms with Gasteiger partial charge in [0.1, 0.15) is 0 Å². The Hall–Kier alpha value is -2.68. The van der Waals surface area contributed by atoms with Crippen LogP contribution < -0.4 is 5.32 Å². The van der Waals surface area contributed by atoms with Gasteiger partial charge in [-0.3, -0.25) is 4.79 Å². The van der Waals surface area contributed by atoms with Gasteiger partial charge in [-0.15, -0.1) is 0 Å². The molecule has 5 heteroatoms. The van der Waals surface area contributed by atoms with Crippen molar-refractivity contribution in [2.75, 3.05) is 26.2 Å². The molecular weight excluding hydrogens is 422 g/mol. The Morgan fingerprint density at radius 2 is 1.76 bits per heavy atom. The van der Waals surface area contributed by atoms with Gasteiger partial charge in [-0.1, -0.05) is 54.6 Å². The van der Waals surface area contributed by atoms with Crippen LogP contribution in [0.5, 0.6) is 0 Å². The molecule has 2 N–H and O–H groups in total. The Balaban J connectivity index is 1.24. The van der Waals surface area contributed by atoms with Crippen molar-refractivity contribution < 1.29 is 9.90 Å². The summed E-state index contributed by atoms with van der Waals surface area (Å²) in [7, 11) is 0. The van der Waals surface area contributed by atoms with Gasteiger partial charge in [0.05, 0.1) is 17.9 Å². The molecule has 2 aromatic rings. The van der Waals surface area contributed by atoms with Crippen molar-refractivity contribution in [1.29, 1.82) is 5.26 Å². The fraction of sp³-hybridized carbons (Fsp3) is 0.517. The lowest BCUT2D eigenvalue weighted by Gasteiger charge is -2.42. The van der Waals surface area contributed by atoms with Gasteiger partial charge in [0.15, 0.2) is 0 Å². The van der Waals surface area contributed by atoms with E-state index in [0.717, 1.165) is 57.3 Å². The number of piperidine rings is 1. The molecule has 2 saturated carbocycles. The number of aliphatic carboxylic acids is 1. The normalized spacial score (nSPS) is 24.8. The molecule has 5 rings (SSSR count). The van der Waals surface area contributed by atoms with Gasteiger partial charge in [-0.05, 0) is 73.7 Å². The topological polar surface area (TPSA) is 76.4 Å². The van der Waals surface area contributed by atoms with Crippen LogP contribution >= 0.6 is 0 Å². The van der Waals surface area contributed by atoms with Gasteiger partial charge < -0.3 is 15.3 Å². The van der Waals surface area contributed by atoms with E-state index < -0.39 is 5.97 Å². The van der Waals surface area contributed by atoms with E-state index in [9.17, 15) is 10.1 Å². The minimum atomic E-state index is -0.718. The quantitative estimate of drug-likeness (QED) is 0.550. The van der Waals surface area contributed by atoms with E-state index in [1.807, 2.05) is 0 Å². The van der Waals surface area contributed by atoms with Crippen LogP contribution in [0.25, 0.3) is 0 Å². The number of carboxylic acid groups (broad SMARTS) is 1. The smallest absolute Gasteiger partial charge is 0.304 e. The van der Waals surface area contributed by atoms with E-state index in [0.29, 0.717) is 18.5 Å².